The van der Waals surface area contributed by atoms with Crippen LogP contribution in [0.1, 0.15) is 25.8 Å². The Balaban J connectivity index is 2.08. The van der Waals surface area contributed by atoms with Crippen LogP contribution in [0.5, 0.6) is 0 Å². The zero-order valence-corrected chi connectivity index (χ0v) is 10.7. The highest BCUT2D eigenvalue weighted by molar-refractivity contribution is 5.50. The highest BCUT2D eigenvalue weighted by atomic mass is 19.1. The van der Waals surface area contributed by atoms with Crippen molar-refractivity contribution in [1.82, 2.24) is 5.32 Å². The number of halogens is 1. The van der Waals surface area contributed by atoms with Crippen LogP contribution in [0.15, 0.2) is 18.2 Å². The highest BCUT2D eigenvalue weighted by Crippen LogP contribution is 2.26. The summed E-state index contributed by atoms with van der Waals surface area (Å²) in [6.07, 6.45) is 1.17. The van der Waals surface area contributed by atoms with Crippen molar-refractivity contribution in [2.24, 2.45) is 5.92 Å². The van der Waals surface area contributed by atoms with E-state index in [-0.39, 0.29) is 5.82 Å². The maximum Gasteiger partial charge on any atom is 0.146 e. The Bertz CT molecular complexity index is 378. The van der Waals surface area contributed by atoms with Crippen LogP contribution in [0, 0.1) is 11.7 Å². The summed E-state index contributed by atoms with van der Waals surface area (Å²) in [4.78, 5) is 2.15. The Morgan fingerprint density at radius 2 is 2.29 bits per heavy atom. The summed E-state index contributed by atoms with van der Waals surface area (Å²) < 4.78 is 14.0. The van der Waals surface area contributed by atoms with Crippen LogP contribution in [-0.2, 0) is 6.54 Å². The summed E-state index contributed by atoms with van der Waals surface area (Å²) >= 11 is 0. The van der Waals surface area contributed by atoms with Gasteiger partial charge in [0.25, 0.3) is 0 Å². The van der Waals surface area contributed by atoms with Crippen LogP contribution in [-0.4, -0.2) is 19.6 Å². The van der Waals surface area contributed by atoms with Crippen LogP contribution in [0.3, 0.4) is 0 Å². The Morgan fingerprint density at radius 3 is 2.88 bits per heavy atom. The molecule has 1 aromatic rings. The zero-order chi connectivity index (χ0) is 12.3. The molecule has 1 N–H and O–H groups in total. The number of benzene rings is 1. The lowest BCUT2D eigenvalue weighted by Crippen LogP contribution is -2.20. The molecule has 0 radical (unpaired) electrons. The third kappa shape index (κ3) is 2.97. The predicted molar refractivity (Wildman–Crippen MR) is 69.8 cm³/mol. The van der Waals surface area contributed by atoms with Crippen LogP contribution in [0.25, 0.3) is 0 Å². The van der Waals surface area contributed by atoms with Gasteiger partial charge in [-0.2, -0.15) is 0 Å². The van der Waals surface area contributed by atoms with Crippen molar-refractivity contribution in [3.8, 4) is 0 Å². The SMILES string of the molecule is CCNCc1ccc(N2CCC(C)C2)c(F)c1. The molecule has 1 aliphatic heterocycles. The molecule has 3 heteroatoms. The van der Waals surface area contributed by atoms with E-state index in [1.165, 1.54) is 6.42 Å². The number of hydrogen-bond acceptors (Lipinski definition) is 2. The topological polar surface area (TPSA) is 15.3 Å². The van der Waals surface area contributed by atoms with E-state index in [4.69, 9.17) is 0 Å². The van der Waals surface area contributed by atoms with Crippen LogP contribution >= 0.6 is 0 Å². The minimum Gasteiger partial charge on any atom is -0.369 e. The minimum atomic E-state index is -0.0884. The minimum absolute atomic E-state index is 0.0884. The second-order valence-corrected chi connectivity index (χ2v) is 4.91. The maximum atomic E-state index is 14.0. The summed E-state index contributed by atoms with van der Waals surface area (Å²) in [7, 11) is 0. The molecular weight excluding hydrogens is 215 g/mol. The highest BCUT2D eigenvalue weighted by Gasteiger charge is 2.21. The molecule has 17 heavy (non-hydrogen) atoms. The number of hydrogen-bond donors (Lipinski definition) is 1. The molecule has 1 aliphatic rings. The van der Waals surface area contributed by atoms with Crippen molar-refractivity contribution in [2.45, 2.75) is 26.8 Å². The second-order valence-electron chi connectivity index (χ2n) is 4.91. The van der Waals surface area contributed by atoms with Gasteiger partial charge in [-0.1, -0.05) is 19.9 Å². The van der Waals surface area contributed by atoms with Gasteiger partial charge in [0.05, 0.1) is 5.69 Å². The second kappa shape index (κ2) is 5.50. The largest absolute Gasteiger partial charge is 0.369 e. The number of nitrogens with one attached hydrogen (secondary N) is 1. The molecular formula is C14H21FN2. The molecule has 1 unspecified atom stereocenters. The Hall–Kier alpha value is -1.09. The molecule has 1 atom stereocenters. The number of nitrogens with zero attached hydrogens (tertiary/aromatic N) is 1. The summed E-state index contributed by atoms with van der Waals surface area (Å²) in [5.41, 5.74) is 1.77. The Morgan fingerprint density at radius 1 is 1.47 bits per heavy atom. The van der Waals surface area contributed by atoms with E-state index < -0.39 is 0 Å². The lowest BCUT2D eigenvalue weighted by Gasteiger charge is -2.19. The average Bonchev–Trinajstić information content (AvgIpc) is 2.73. The molecule has 94 valence electrons. The van der Waals surface area contributed by atoms with E-state index in [1.807, 2.05) is 12.1 Å². The van der Waals surface area contributed by atoms with Crippen LogP contribution in [0.2, 0.25) is 0 Å². The van der Waals surface area contributed by atoms with Gasteiger partial charge in [-0.25, -0.2) is 4.39 Å². The number of anilines is 1. The van der Waals surface area contributed by atoms with Crippen molar-refractivity contribution < 1.29 is 4.39 Å². The van der Waals surface area contributed by atoms with Crippen molar-refractivity contribution in [3.05, 3.63) is 29.6 Å². The van der Waals surface area contributed by atoms with Crippen molar-refractivity contribution in [3.63, 3.8) is 0 Å². The normalized spacial score (nSPS) is 19.9. The van der Waals surface area contributed by atoms with Gasteiger partial charge >= 0.3 is 0 Å². The van der Waals surface area contributed by atoms with Gasteiger partial charge < -0.3 is 10.2 Å². The number of rotatable bonds is 4. The first-order valence-corrected chi connectivity index (χ1v) is 6.44. The van der Waals surface area contributed by atoms with Gasteiger partial charge in [0.2, 0.25) is 0 Å². The van der Waals surface area contributed by atoms with Gasteiger partial charge in [0.1, 0.15) is 5.82 Å². The van der Waals surface area contributed by atoms with Gasteiger partial charge in [-0.3, -0.25) is 0 Å². The zero-order valence-electron chi connectivity index (χ0n) is 10.7. The summed E-state index contributed by atoms with van der Waals surface area (Å²) in [5.74, 6) is 0.588. The lowest BCUT2D eigenvalue weighted by atomic mass is 10.1. The molecule has 2 nitrogen and oxygen atoms in total. The maximum absolute atomic E-state index is 14.0. The Labute approximate surface area is 103 Å². The fraction of sp³-hybridized carbons (Fsp3) is 0.571. The van der Waals surface area contributed by atoms with Gasteiger partial charge in [-0.15, -0.1) is 0 Å². The first-order valence-electron chi connectivity index (χ1n) is 6.44. The van der Waals surface area contributed by atoms with Gasteiger partial charge in [0.15, 0.2) is 0 Å². The van der Waals surface area contributed by atoms with E-state index in [0.717, 1.165) is 37.4 Å². The average molecular weight is 236 g/mol. The third-order valence-corrected chi connectivity index (χ3v) is 3.36. The smallest absolute Gasteiger partial charge is 0.146 e. The summed E-state index contributed by atoms with van der Waals surface area (Å²) in [6, 6.07) is 5.59. The fourth-order valence-electron chi connectivity index (χ4n) is 2.34. The van der Waals surface area contributed by atoms with E-state index >= 15 is 0 Å². The Kier molecular flexibility index (Phi) is 4.00. The molecule has 1 heterocycles. The standard InChI is InChI=1S/C14H21FN2/c1-3-16-9-12-4-5-14(13(15)8-12)17-7-6-11(2)10-17/h4-5,8,11,16H,3,6-7,9-10H2,1-2H3. The first kappa shape index (κ1) is 12.4. The molecule has 0 aliphatic carbocycles. The summed E-state index contributed by atoms with van der Waals surface area (Å²) in [6.45, 7) is 7.87. The first-order chi connectivity index (χ1) is 8.20. The molecule has 0 aromatic heterocycles. The molecule has 0 spiro atoms. The monoisotopic (exact) mass is 236 g/mol. The van der Waals surface area contributed by atoms with E-state index in [9.17, 15) is 4.39 Å². The van der Waals surface area contributed by atoms with Gasteiger partial charge in [-0.05, 0) is 36.6 Å². The quantitative estimate of drug-likeness (QED) is 0.864. The molecule has 0 bridgehead atoms. The third-order valence-electron chi connectivity index (χ3n) is 3.36. The van der Waals surface area contributed by atoms with E-state index in [2.05, 4.69) is 24.1 Å². The molecule has 0 amide bonds. The van der Waals surface area contributed by atoms with Crippen molar-refractivity contribution in [2.75, 3.05) is 24.5 Å². The van der Waals surface area contributed by atoms with E-state index in [1.54, 1.807) is 6.07 Å². The molecule has 1 saturated heterocycles. The predicted octanol–water partition coefficient (Wildman–Crippen LogP) is 2.78. The molecule has 1 aromatic carbocycles. The lowest BCUT2D eigenvalue weighted by molar-refractivity contribution is 0.614. The van der Waals surface area contributed by atoms with Crippen LogP contribution in [0.4, 0.5) is 10.1 Å². The van der Waals surface area contributed by atoms with Crippen LogP contribution < -0.4 is 10.2 Å². The van der Waals surface area contributed by atoms with Gasteiger partial charge in [0, 0.05) is 19.6 Å². The van der Waals surface area contributed by atoms with Crippen molar-refractivity contribution >= 4 is 5.69 Å². The summed E-state index contributed by atoms with van der Waals surface area (Å²) in [5, 5.41) is 3.21. The molecule has 1 fully saturated rings. The van der Waals surface area contributed by atoms with Crippen molar-refractivity contribution in [1.29, 1.82) is 0 Å². The van der Waals surface area contributed by atoms with E-state index in [0.29, 0.717) is 5.92 Å². The molecule has 0 saturated carbocycles. The molecule has 2 rings (SSSR count). The fourth-order valence-corrected chi connectivity index (χ4v) is 2.34.